The second kappa shape index (κ2) is 6.57. The molecule has 3 aromatic rings. The molecule has 0 aliphatic carbocycles. The third-order valence-corrected chi connectivity index (χ3v) is 5.31. The van der Waals surface area contributed by atoms with Gasteiger partial charge in [0.15, 0.2) is 0 Å². The topological polar surface area (TPSA) is 45.3 Å². The molecule has 0 saturated heterocycles. The number of H-pyrrole nitrogens is 1. The van der Waals surface area contributed by atoms with E-state index in [9.17, 15) is 4.79 Å². The lowest BCUT2D eigenvalue weighted by Gasteiger charge is -2.28. The van der Waals surface area contributed by atoms with Crippen molar-refractivity contribution >= 4 is 28.6 Å². The first-order valence-corrected chi connectivity index (χ1v) is 9.44. The molecule has 5 rings (SSSR count). The fourth-order valence-corrected chi connectivity index (χ4v) is 3.82. The average Bonchev–Trinajstić information content (AvgIpc) is 3.13. The fraction of sp³-hybridized carbons (Fsp3) is 0.125. The molecule has 0 fully saturated rings. The molecule has 1 unspecified atom stereocenters. The number of aromatic nitrogens is 1. The van der Waals surface area contributed by atoms with E-state index in [1.54, 1.807) is 12.1 Å². The molecule has 0 amide bonds. The lowest BCUT2D eigenvalue weighted by molar-refractivity contribution is 0.0409. The maximum atomic E-state index is 12.3. The van der Waals surface area contributed by atoms with Crippen LogP contribution in [0.2, 0.25) is 0 Å². The molecular formula is C24H20N2O2. The van der Waals surface area contributed by atoms with Gasteiger partial charge in [-0.3, -0.25) is 0 Å². The Balaban J connectivity index is 1.44. The number of hydrogen-bond acceptors (Lipinski definition) is 3. The van der Waals surface area contributed by atoms with E-state index < -0.39 is 0 Å². The van der Waals surface area contributed by atoms with Crippen molar-refractivity contribution in [2.75, 3.05) is 6.54 Å². The molecule has 0 radical (unpaired) electrons. The van der Waals surface area contributed by atoms with Crippen LogP contribution in [0.1, 0.15) is 17.3 Å². The number of nitrogens with one attached hydrogen (secondary N) is 1. The molecule has 2 aliphatic heterocycles. The van der Waals surface area contributed by atoms with Gasteiger partial charge in [0.25, 0.3) is 0 Å². The zero-order valence-corrected chi connectivity index (χ0v) is 15.6. The number of rotatable bonds is 3. The van der Waals surface area contributed by atoms with Crippen LogP contribution < -0.4 is 10.6 Å². The van der Waals surface area contributed by atoms with E-state index in [1.807, 2.05) is 37.3 Å². The summed E-state index contributed by atoms with van der Waals surface area (Å²) in [6, 6.07) is 17.5. The Bertz CT molecular complexity index is 1250. The lowest BCUT2D eigenvalue weighted by Crippen LogP contribution is -2.38. The van der Waals surface area contributed by atoms with E-state index in [2.05, 4.69) is 46.4 Å². The van der Waals surface area contributed by atoms with Gasteiger partial charge in [0, 0.05) is 34.4 Å². The van der Waals surface area contributed by atoms with Gasteiger partial charge in [-0.15, -0.1) is 0 Å². The molecule has 0 bridgehead atoms. The summed E-state index contributed by atoms with van der Waals surface area (Å²) < 4.78 is 5.66. The molecule has 138 valence electrons. The van der Waals surface area contributed by atoms with Crippen LogP contribution in [0.15, 0.2) is 78.5 Å². The van der Waals surface area contributed by atoms with E-state index in [0.29, 0.717) is 5.56 Å². The largest absolute Gasteiger partial charge is 0.454 e. The molecule has 1 atom stereocenters. The number of nitrogens with zero attached hydrogens (tertiary/aromatic N) is 1. The maximum Gasteiger partial charge on any atom is 0.338 e. The smallest absolute Gasteiger partial charge is 0.338 e. The third-order valence-electron chi connectivity index (χ3n) is 5.31. The quantitative estimate of drug-likeness (QED) is 0.723. The number of aromatic amines is 1. The van der Waals surface area contributed by atoms with Crippen LogP contribution in [0.25, 0.3) is 22.7 Å². The summed E-state index contributed by atoms with van der Waals surface area (Å²) in [4.78, 5) is 18.1. The Morgan fingerprint density at radius 1 is 1.07 bits per heavy atom. The van der Waals surface area contributed by atoms with Gasteiger partial charge >= 0.3 is 5.97 Å². The summed E-state index contributed by atoms with van der Waals surface area (Å²) in [7, 11) is 0. The minimum atomic E-state index is -0.324. The number of esters is 1. The lowest BCUT2D eigenvalue weighted by atomic mass is 10.1. The first-order valence-electron chi connectivity index (χ1n) is 9.44. The number of fused-ring (bicyclic) bond motifs is 4. The Morgan fingerprint density at radius 2 is 1.86 bits per heavy atom. The third kappa shape index (κ3) is 2.74. The number of benzene rings is 2. The van der Waals surface area contributed by atoms with Crippen molar-refractivity contribution in [1.29, 1.82) is 0 Å². The first-order chi connectivity index (χ1) is 13.7. The van der Waals surface area contributed by atoms with Gasteiger partial charge in [-0.25, -0.2) is 4.79 Å². The molecule has 28 heavy (non-hydrogen) atoms. The predicted octanol–water partition coefficient (Wildman–Crippen LogP) is 3.07. The summed E-state index contributed by atoms with van der Waals surface area (Å²) >= 11 is 0. The minimum Gasteiger partial charge on any atom is -0.454 e. The normalized spacial score (nSPS) is 16.1. The first kappa shape index (κ1) is 16.6. The Morgan fingerprint density at radius 3 is 2.71 bits per heavy atom. The van der Waals surface area contributed by atoms with Gasteiger partial charge in [-0.2, -0.15) is 0 Å². The summed E-state index contributed by atoms with van der Waals surface area (Å²) in [5.41, 5.74) is 3.82. The van der Waals surface area contributed by atoms with Crippen molar-refractivity contribution in [2.45, 2.75) is 13.0 Å². The molecule has 2 aliphatic rings. The molecule has 2 aromatic carbocycles. The second-order valence-electron chi connectivity index (χ2n) is 7.08. The van der Waals surface area contributed by atoms with Crippen LogP contribution >= 0.6 is 0 Å². The highest BCUT2D eigenvalue weighted by Crippen LogP contribution is 2.22. The van der Waals surface area contributed by atoms with Crippen LogP contribution in [0, 0.1) is 0 Å². The van der Waals surface area contributed by atoms with E-state index in [1.165, 1.54) is 10.6 Å². The van der Waals surface area contributed by atoms with Crippen LogP contribution in [0.3, 0.4) is 0 Å². The van der Waals surface area contributed by atoms with Gasteiger partial charge in [-0.1, -0.05) is 48.6 Å². The van der Waals surface area contributed by atoms with E-state index in [4.69, 9.17) is 4.74 Å². The number of hydrogen-bond donors (Lipinski definition) is 1. The Labute approximate surface area is 162 Å². The number of ether oxygens (including phenoxy) is 1. The zero-order chi connectivity index (χ0) is 19.1. The SMILES string of the molecule is CC(OC(=O)c1ccccc1)C1=CN2CC=c3c([nH]c4ccccc34)=C2C=C1. The van der Waals surface area contributed by atoms with Crippen molar-refractivity contribution in [3.8, 4) is 0 Å². The van der Waals surface area contributed by atoms with E-state index in [-0.39, 0.29) is 12.1 Å². The number of para-hydroxylation sites is 1. The van der Waals surface area contributed by atoms with Gasteiger partial charge in [0.05, 0.1) is 16.6 Å². The molecule has 1 N–H and O–H groups in total. The molecule has 0 spiro atoms. The molecule has 4 heteroatoms. The fourth-order valence-electron chi connectivity index (χ4n) is 3.82. The van der Waals surface area contributed by atoms with Crippen LogP contribution in [0.5, 0.6) is 0 Å². The predicted molar refractivity (Wildman–Crippen MR) is 111 cm³/mol. The molecular weight excluding hydrogens is 348 g/mol. The van der Waals surface area contributed by atoms with Gasteiger partial charge < -0.3 is 14.6 Å². The van der Waals surface area contributed by atoms with E-state index in [0.717, 1.165) is 28.7 Å². The highest BCUT2D eigenvalue weighted by Gasteiger charge is 2.21. The van der Waals surface area contributed by atoms with Crippen LogP contribution in [-0.2, 0) is 4.74 Å². The van der Waals surface area contributed by atoms with Crippen LogP contribution in [-0.4, -0.2) is 28.5 Å². The summed E-state index contributed by atoms with van der Waals surface area (Å²) in [5, 5.41) is 3.64. The van der Waals surface area contributed by atoms with Crippen molar-refractivity contribution in [3.05, 3.63) is 94.7 Å². The van der Waals surface area contributed by atoms with Crippen molar-refractivity contribution < 1.29 is 9.53 Å². The minimum absolute atomic E-state index is 0.305. The highest BCUT2D eigenvalue weighted by atomic mass is 16.5. The van der Waals surface area contributed by atoms with Crippen molar-refractivity contribution in [1.82, 2.24) is 9.88 Å². The van der Waals surface area contributed by atoms with Crippen molar-refractivity contribution in [3.63, 3.8) is 0 Å². The highest BCUT2D eigenvalue weighted by molar-refractivity contribution is 5.89. The van der Waals surface area contributed by atoms with Gasteiger partial charge in [-0.05, 0) is 31.2 Å². The number of carbonyl (C=O) groups is 1. The zero-order valence-electron chi connectivity index (χ0n) is 15.6. The van der Waals surface area contributed by atoms with E-state index >= 15 is 0 Å². The monoisotopic (exact) mass is 368 g/mol. The second-order valence-corrected chi connectivity index (χ2v) is 7.08. The van der Waals surface area contributed by atoms with Crippen molar-refractivity contribution in [2.24, 2.45) is 0 Å². The Kier molecular flexibility index (Phi) is 3.90. The molecule has 4 nitrogen and oxygen atoms in total. The summed E-state index contributed by atoms with van der Waals surface area (Å²) in [6.45, 7) is 2.70. The average molecular weight is 368 g/mol. The Hall–Kier alpha value is -3.53. The van der Waals surface area contributed by atoms with Gasteiger partial charge in [0.2, 0.25) is 0 Å². The number of carbonyl (C=O) groups excluding carboxylic acids is 1. The van der Waals surface area contributed by atoms with Gasteiger partial charge in [0.1, 0.15) is 6.10 Å². The van der Waals surface area contributed by atoms with Crippen LogP contribution in [0.4, 0.5) is 0 Å². The molecule has 1 aromatic heterocycles. The summed E-state index contributed by atoms with van der Waals surface area (Å²) in [5.74, 6) is -0.305. The molecule has 0 saturated carbocycles. The molecule has 3 heterocycles. The maximum absolute atomic E-state index is 12.3. The summed E-state index contributed by atoms with van der Waals surface area (Å²) in [6.07, 6.45) is 8.13. The standard InChI is InChI=1S/C24H20N2O2/c1-16(28-24(27)17-7-3-2-4-8-17)18-11-12-22-23-20(13-14-26(22)15-18)19-9-5-6-10-21(19)25-23/h2-13,15-16,25H,14H2,1H3.